The first-order valence-electron chi connectivity index (χ1n) is 9.68. The lowest BCUT2D eigenvalue weighted by Gasteiger charge is -2.30. The van der Waals surface area contributed by atoms with Gasteiger partial charge in [0.05, 0.1) is 37.4 Å². The Morgan fingerprint density at radius 2 is 1.93 bits per heavy atom. The fourth-order valence-corrected chi connectivity index (χ4v) is 3.79. The summed E-state index contributed by atoms with van der Waals surface area (Å²) >= 11 is 0. The van der Waals surface area contributed by atoms with Crippen LogP contribution < -0.4 is 9.64 Å². The van der Waals surface area contributed by atoms with Crippen molar-refractivity contribution in [3.05, 3.63) is 66.4 Å². The Hall–Kier alpha value is -3.81. The number of rotatable bonds is 4. The number of imidazole rings is 1. The van der Waals surface area contributed by atoms with Crippen LogP contribution in [0.15, 0.2) is 55.1 Å². The van der Waals surface area contributed by atoms with Crippen molar-refractivity contribution in [3.63, 3.8) is 0 Å². The van der Waals surface area contributed by atoms with E-state index in [1.807, 2.05) is 49.9 Å². The summed E-state index contributed by atoms with van der Waals surface area (Å²) in [5.74, 6) is 0.636. The van der Waals surface area contributed by atoms with Crippen LogP contribution in [0.2, 0.25) is 0 Å². The Labute approximate surface area is 173 Å². The zero-order valence-electron chi connectivity index (χ0n) is 16.8. The Morgan fingerprint density at radius 1 is 1.10 bits per heavy atom. The minimum atomic E-state index is -0.447. The van der Waals surface area contributed by atoms with E-state index in [4.69, 9.17) is 9.47 Å². The van der Waals surface area contributed by atoms with Crippen molar-refractivity contribution < 1.29 is 14.3 Å². The minimum absolute atomic E-state index is 0.367. The van der Waals surface area contributed by atoms with Crippen LogP contribution in [-0.2, 0) is 24.9 Å². The Balaban J connectivity index is 1.41. The molecule has 5 rings (SSSR count). The van der Waals surface area contributed by atoms with E-state index in [1.54, 1.807) is 16.9 Å². The third-order valence-electron chi connectivity index (χ3n) is 5.44. The average molecular weight is 403 g/mol. The van der Waals surface area contributed by atoms with E-state index in [-0.39, 0.29) is 0 Å². The van der Waals surface area contributed by atoms with Crippen molar-refractivity contribution in [3.8, 4) is 11.5 Å². The van der Waals surface area contributed by atoms with E-state index in [9.17, 15) is 4.79 Å². The summed E-state index contributed by atoms with van der Waals surface area (Å²) in [6, 6.07) is 11.4. The first-order chi connectivity index (χ1) is 14.6. The summed E-state index contributed by atoms with van der Waals surface area (Å²) in [6.45, 7) is 2.66. The highest BCUT2D eigenvalue weighted by Gasteiger charge is 2.18. The normalized spacial score (nSPS) is 13.3. The number of fused-ring (bicyclic) bond motifs is 2. The van der Waals surface area contributed by atoms with Crippen molar-refractivity contribution in [1.82, 2.24) is 19.3 Å². The van der Waals surface area contributed by atoms with E-state index in [2.05, 4.69) is 19.5 Å². The maximum Gasteiger partial charge on any atom is 0.341 e. The molecule has 0 unspecified atom stereocenters. The number of ether oxygens (including phenoxy) is 2. The molecule has 0 N–H and O–H groups in total. The molecule has 0 atom stereocenters. The van der Waals surface area contributed by atoms with Crippen molar-refractivity contribution in [2.75, 3.05) is 18.6 Å². The van der Waals surface area contributed by atoms with E-state index in [0.29, 0.717) is 17.1 Å². The van der Waals surface area contributed by atoms with E-state index in [1.165, 1.54) is 12.8 Å². The molecule has 4 aromatic rings. The maximum absolute atomic E-state index is 12.3. The number of anilines is 1. The SMILES string of the molecule is COC(=O)c1cc2cnn(C)c2cc1Oc1ccc(N2CCn3cncc3C2)cc1. The summed E-state index contributed by atoms with van der Waals surface area (Å²) in [4.78, 5) is 18.8. The minimum Gasteiger partial charge on any atom is -0.465 e. The molecule has 0 aliphatic carbocycles. The van der Waals surface area contributed by atoms with Crippen LogP contribution in [0.1, 0.15) is 16.1 Å². The lowest BCUT2D eigenvalue weighted by Crippen LogP contribution is -2.32. The lowest BCUT2D eigenvalue weighted by molar-refractivity contribution is 0.0598. The van der Waals surface area contributed by atoms with Gasteiger partial charge in [0.25, 0.3) is 0 Å². The smallest absolute Gasteiger partial charge is 0.341 e. The summed E-state index contributed by atoms with van der Waals surface area (Å²) < 4.78 is 14.9. The third kappa shape index (κ3) is 3.16. The zero-order valence-corrected chi connectivity index (χ0v) is 16.8. The first kappa shape index (κ1) is 18.2. The molecule has 2 aromatic heterocycles. The number of aryl methyl sites for hydroxylation is 1. The van der Waals surface area contributed by atoms with Gasteiger partial charge in [0.15, 0.2) is 0 Å². The quantitative estimate of drug-likeness (QED) is 0.487. The second-order valence-electron chi connectivity index (χ2n) is 7.26. The summed E-state index contributed by atoms with van der Waals surface area (Å²) in [7, 11) is 3.21. The Bertz CT molecular complexity index is 1230. The topological polar surface area (TPSA) is 74.4 Å². The summed E-state index contributed by atoms with van der Waals surface area (Å²) in [5.41, 5.74) is 3.56. The second-order valence-corrected chi connectivity index (χ2v) is 7.26. The lowest BCUT2D eigenvalue weighted by atomic mass is 10.1. The van der Waals surface area contributed by atoms with Gasteiger partial charge in [0.2, 0.25) is 0 Å². The van der Waals surface area contributed by atoms with Crippen LogP contribution in [0, 0.1) is 0 Å². The number of esters is 1. The summed E-state index contributed by atoms with van der Waals surface area (Å²) in [6.07, 6.45) is 5.50. The predicted octanol–water partition coefficient (Wildman–Crippen LogP) is 3.37. The van der Waals surface area contributed by atoms with Crippen molar-refractivity contribution in [2.45, 2.75) is 13.1 Å². The van der Waals surface area contributed by atoms with Crippen molar-refractivity contribution >= 4 is 22.6 Å². The maximum atomic E-state index is 12.3. The highest BCUT2D eigenvalue weighted by molar-refractivity contribution is 5.98. The molecule has 0 spiro atoms. The Morgan fingerprint density at radius 3 is 2.73 bits per heavy atom. The number of methoxy groups -OCH3 is 1. The molecule has 3 heterocycles. The number of hydrogen-bond acceptors (Lipinski definition) is 6. The number of aromatic nitrogens is 4. The molecular formula is C22H21N5O3. The first-order valence-corrected chi connectivity index (χ1v) is 9.68. The van der Waals surface area contributed by atoms with Gasteiger partial charge in [-0.1, -0.05) is 0 Å². The van der Waals surface area contributed by atoms with Crippen molar-refractivity contribution in [1.29, 1.82) is 0 Å². The molecule has 0 saturated heterocycles. The van der Waals surface area contributed by atoms with Gasteiger partial charge in [0.1, 0.15) is 17.1 Å². The van der Waals surface area contributed by atoms with E-state index < -0.39 is 5.97 Å². The van der Waals surface area contributed by atoms with Gasteiger partial charge in [-0.25, -0.2) is 9.78 Å². The van der Waals surface area contributed by atoms with Gasteiger partial charge >= 0.3 is 5.97 Å². The standard InChI is InChI=1S/C22H21N5O3/c1-25-20-10-21(19(22(28)29-2)9-15(20)11-24-25)30-18-5-3-16(4-6-18)26-7-8-27-14-23-12-17(27)13-26/h3-6,9-12,14H,7-8,13H2,1-2H3. The largest absolute Gasteiger partial charge is 0.465 e. The molecule has 0 saturated carbocycles. The predicted molar refractivity (Wildman–Crippen MR) is 112 cm³/mol. The fourth-order valence-electron chi connectivity index (χ4n) is 3.79. The van der Waals surface area contributed by atoms with Crippen LogP contribution >= 0.6 is 0 Å². The number of hydrogen-bond donors (Lipinski definition) is 0. The number of carbonyl (C=O) groups excluding carboxylic acids is 1. The molecule has 8 heteroatoms. The zero-order chi connectivity index (χ0) is 20.7. The number of benzene rings is 2. The second kappa shape index (κ2) is 7.22. The molecule has 0 amide bonds. The third-order valence-corrected chi connectivity index (χ3v) is 5.44. The highest BCUT2D eigenvalue weighted by Crippen LogP contribution is 2.32. The molecule has 8 nitrogen and oxygen atoms in total. The van der Waals surface area contributed by atoms with Gasteiger partial charge in [-0.3, -0.25) is 4.68 Å². The van der Waals surface area contributed by atoms with Gasteiger partial charge < -0.3 is 18.9 Å². The molecule has 152 valence electrons. The van der Waals surface area contributed by atoms with Gasteiger partial charge in [-0.05, 0) is 30.3 Å². The van der Waals surface area contributed by atoms with E-state index >= 15 is 0 Å². The fraction of sp³-hybridized carbons (Fsp3) is 0.227. The number of nitrogens with zero attached hydrogens (tertiary/aromatic N) is 5. The van der Waals surface area contributed by atoms with Crippen LogP contribution in [0.25, 0.3) is 10.9 Å². The van der Waals surface area contributed by atoms with Gasteiger partial charge in [-0.15, -0.1) is 0 Å². The van der Waals surface area contributed by atoms with Crippen LogP contribution in [-0.4, -0.2) is 39.0 Å². The molecule has 30 heavy (non-hydrogen) atoms. The van der Waals surface area contributed by atoms with Crippen LogP contribution in [0.5, 0.6) is 11.5 Å². The van der Waals surface area contributed by atoms with Gasteiger partial charge in [0, 0.05) is 43.5 Å². The Kier molecular flexibility index (Phi) is 4.39. The molecule has 0 fully saturated rings. The molecule has 1 aliphatic heterocycles. The summed E-state index contributed by atoms with van der Waals surface area (Å²) in [5, 5.41) is 5.09. The van der Waals surface area contributed by atoms with E-state index in [0.717, 1.165) is 36.2 Å². The molecule has 2 aromatic carbocycles. The monoisotopic (exact) mass is 403 g/mol. The number of carbonyl (C=O) groups is 1. The highest BCUT2D eigenvalue weighted by atomic mass is 16.5. The molecule has 0 bridgehead atoms. The molecular weight excluding hydrogens is 382 g/mol. The van der Waals surface area contributed by atoms with Gasteiger partial charge in [-0.2, -0.15) is 5.10 Å². The average Bonchev–Trinajstić information content (AvgIpc) is 3.39. The van der Waals surface area contributed by atoms with Crippen LogP contribution in [0.3, 0.4) is 0 Å². The molecule has 1 aliphatic rings. The van der Waals surface area contributed by atoms with Crippen molar-refractivity contribution in [2.24, 2.45) is 7.05 Å². The van der Waals surface area contributed by atoms with Crippen LogP contribution in [0.4, 0.5) is 5.69 Å². The molecule has 0 radical (unpaired) electrons.